The van der Waals surface area contributed by atoms with Gasteiger partial charge in [0.25, 0.3) is 0 Å². The van der Waals surface area contributed by atoms with Gasteiger partial charge in [-0.25, -0.2) is 9.97 Å². The van der Waals surface area contributed by atoms with Crippen LogP contribution in [-0.4, -0.2) is 20.1 Å². The van der Waals surface area contributed by atoms with Crippen LogP contribution in [0.3, 0.4) is 0 Å². The van der Waals surface area contributed by atoms with Crippen molar-refractivity contribution in [1.82, 2.24) is 15.0 Å². The van der Waals surface area contributed by atoms with Gasteiger partial charge in [-0.3, -0.25) is 0 Å². The molecule has 0 radical (unpaired) electrons. The van der Waals surface area contributed by atoms with E-state index in [1.165, 1.54) is 0 Å². The number of aliphatic hydroxyl groups is 1. The minimum Gasteiger partial charge on any atom is -0.390 e. The molecule has 4 heteroatoms. The number of benzene rings is 1. The first-order valence-corrected chi connectivity index (χ1v) is 7.79. The second-order valence-electron chi connectivity index (χ2n) is 5.57. The lowest BCUT2D eigenvalue weighted by Crippen LogP contribution is -1.98. The SMILES string of the molecule is CCCCc1nc2c(C)c(-c3ccccc3)c(CO)nc2[nH]1. The number of hydrogen-bond acceptors (Lipinski definition) is 3. The van der Waals surface area contributed by atoms with E-state index in [2.05, 4.69) is 23.8 Å². The molecule has 3 rings (SSSR count). The van der Waals surface area contributed by atoms with Crippen molar-refractivity contribution in [3.05, 3.63) is 47.4 Å². The maximum atomic E-state index is 9.72. The average Bonchev–Trinajstić information content (AvgIpc) is 2.96. The van der Waals surface area contributed by atoms with Gasteiger partial charge in [-0.15, -0.1) is 0 Å². The van der Waals surface area contributed by atoms with E-state index < -0.39 is 0 Å². The van der Waals surface area contributed by atoms with E-state index in [-0.39, 0.29) is 6.61 Å². The van der Waals surface area contributed by atoms with Gasteiger partial charge in [0.15, 0.2) is 5.65 Å². The molecule has 0 aliphatic carbocycles. The van der Waals surface area contributed by atoms with Crippen LogP contribution in [0.5, 0.6) is 0 Å². The summed E-state index contributed by atoms with van der Waals surface area (Å²) in [4.78, 5) is 12.6. The molecular weight excluding hydrogens is 274 g/mol. The molecule has 0 atom stereocenters. The van der Waals surface area contributed by atoms with Gasteiger partial charge in [-0.1, -0.05) is 43.7 Å². The van der Waals surface area contributed by atoms with Crippen molar-refractivity contribution < 1.29 is 5.11 Å². The van der Waals surface area contributed by atoms with Gasteiger partial charge in [0.2, 0.25) is 0 Å². The van der Waals surface area contributed by atoms with Crippen LogP contribution in [0.2, 0.25) is 0 Å². The smallest absolute Gasteiger partial charge is 0.158 e. The summed E-state index contributed by atoms with van der Waals surface area (Å²) in [6, 6.07) is 10.1. The zero-order valence-electron chi connectivity index (χ0n) is 13.1. The number of aromatic amines is 1. The highest BCUT2D eigenvalue weighted by Crippen LogP contribution is 2.30. The van der Waals surface area contributed by atoms with Crippen LogP contribution in [0.25, 0.3) is 22.3 Å². The van der Waals surface area contributed by atoms with Crippen LogP contribution in [0.15, 0.2) is 30.3 Å². The molecule has 22 heavy (non-hydrogen) atoms. The minimum absolute atomic E-state index is 0.0790. The number of aliphatic hydroxyl groups excluding tert-OH is 1. The molecule has 3 aromatic rings. The average molecular weight is 295 g/mol. The zero-order chi connectivity index (χ0) is 15.5. The highest BCUT2D eigenvalue weighted by molar-refractivity contribution is 5.85. The lowest BCUT2D eigenvalue weighted by Gasteiger charge is -2.11. The third kappa shape index (κ3) is 2.62. The first-order chi connectivity index (χ1) is 10.7. The summed E-state index contributed by atoms with van der Waals surface area (Å²) < 4.78 is 0. The molecule has 0 aliphatic heterocycles. The number of H-pyrrole nitrogens is 1. The van der Waals surface area contributed by atoms with E-state index in [1.54, 1.807) is 0 Å². The highest BCUT2D eigenvalue weighted by atomic mass is 16.3. The molecule has 0 amide bonds. The number of fused-ring (bicyclic) bond motifs is 1. The molecule has 2 heterocycles. The van der Waals surface area contributed by atoms with E-state index in [1.807, 2.05) is 30.3 Å². The Bertz CT molecular complexity index is 778. The summed E-state index contributed by atoms with van der Waals surface area (Å²) in [5.74, 6) is 0.974. The summed E-state index contributed by atoms with van der Waals surface area (Å²) in [7, 11) is 0. The number of pyridine rings is 1. The standard InChI is InChI=1S/C18H21N3O/c1-3-4-10-15-20-17-12(2)16(13-8-6-5-7-9-13)14(11-22)19-18(17)21-15/h5-9,22H,3-4,10-11H2,1-2H3,(H,19,20,21). The van der Waals surface area contributed by atoms with Crippen molar-refractivity contribution in [3.63, 3.8) is 0 Å². The number of imidazole rings is 1. The van der Waals surface area contributed by atoms with Gasteiger partial charge < -0.3 is 10.1 Å². The number of hydrogen-bond donors (Lipinski definition) is 2. The maximum absolute atomic E-state index is 9.72. The lowest BCUT2D eigenvalue weighted by atomic mass is 9.98. The van der Waals surface area contributed by atoms with Crippen molar-refractivity contribution in [3.8, 4) is 11.1 Å². The van der Waals surface area contributed by atoms with E-state index >= 15 is 0 Å². The molecule has 114 valence electrons. The van der Waals surface area contributed by atoms with Crippen LogP contribution in [-0.2, 0) is 13.0 Å². The Morgan fingerprint density at radius 2 is 1.91 bits per heavy atom. The van der Waals surface area contributed by atoms with Crippen molar-refractivity contribution in [2.24, 2.45) is 0 Å². The van der Waals surface area contributed by atoms with Gasteiger partial charge in [0.05, 0.1) is 12.3 Å². The predicted molar refractivity (Wildman–Crippen MR) is 88.6 cm³/mol. The van der Waals surface area contributed by atoms with Gasteiger partial charge in [0, 0.05) is 12.0 Å². The molecule has 0 saturated carbocycles. The zero-order valence-corrected chi connectivity index (χ0v) is 13.1. The molecular formula is C18H21N3O. The molecule has 0 fully saturated rings. The fourth-order valence-corrected chi connectivity index (χ4v) is 2.84. The van der Waals surface area contributed by atoms with Gasteiger partial charge in [-0.2, -0.15) is 0 Å². The summed E-state index contributed by atoms with van der Waals surface area (Å²) in [6.07, 6.45) is 3.18. The Kier molecular flexibility index (Phi) is 4.20. The van der Waals surface area contributed by atoms with Crippen molar-refractivity contribution >= 4 is 11.2 Å². The van der Waals surface area contributed by atoms with Crippen LogP contribution in [0.1, 0.15) is 36.8 Å². The van der Waals surface area contributed by atoms with Crippen LogP contribution in [0.4, 0.5) is 0 Å². The summed E-state index contributed by atoms with van der Waals surface area (Å²) in [6.45, 7) is 4.14. The van der Waals surface area contributed by atoms with Crippen LogP contribution in [0, 0.1) is 6.92 Å². The van der Waals surface area contributed by atoms with Crippen molar-refractivity contribution in [2.45, 2.75) is 39.7 Å². The minimum atomic E-state index is -0.0790. The molecule has 1 aromatic carbocycles. The Morgan fingerprint density at radius 3 is 2.59 bits per heavy atom. The number of aryl methyl sites for hydroxylation is 2. The second-order valence-corrected chi connectivity index (χ2v) is 5.57. The maximum Gasteiger partial charge on any atom is 0.158 e. The number of aromatic nitrogens is 3. The van der Waals surface area contributed by atoms with Crippen LogP contribution < -0.4 is 0 Å². The molecule has 0 unspecified atom stereocenters. The van der Waals surface area contributed by atoms with E-state index in [0.717, 1.165) is 52.9 Å². The third-order valence-electron chi connectivity index (χ3n) is 3.98. The molecule has 0 spiro atoms. The van der Waals surface area contributed by atoms with Gasteiger partial charge in [-0.05, 0) is 24.5 Å². The first kappa shape index (κ1) is 14.7. The topological polar surface area (TPSA) is 61.8 Å². The normalized spacial score (nSPS) is 11.2. The van der Waals surface area contributed by atoms with E-state index in [9.17, 15) is 5.11 Å². The highest BCUT2D eigenvalue weighted by Gasteiger charge is 2.16. The summed E-state index contributed by atoms with van der Waals surface area (Å²) >= 11 is 0. The largest absolute Gasteiger partial charge is 0.390 e. The fraction of sp³-hybridized carbons (Fsp3) is 0.333. The van der Waals surface area contributed by atoms with E-state index in [4.69, 9.17) is 4.98 Å². The first-order valence-electron chi connectivity index (χ1n) is 7.79. The second kappa shape index (κ2) is 6.28. The molecule has 0 aliphatic rings. The number of nitrogens with one attached hydrogen (secondary N) is 1. The Morgan fingerprint density at radius 1 is 1.14 bits per heavy atom. The Balaban J connectivity index is 2.17. The monoisotopic (exact) mass is 295 g/mol. The lowest BCUT2D eigenvalue weighted by molar-refractivity contribution is 0.278. The summed E-state index contributed by atoms with van der Waals surface area (Å²) in [5.41, 5.74) is 5.50. The predicted octanol–water partition coefficient (Wildman–Crippen LogP) is 3.77. The molecule has 0 bridgehead atoms. The quantitative estimate of drug-likeness (QED) is 0.753. The van der Waals surface area contributed by atoms with Gasteiger partial charge >= 0.3 is 0 Å². The van der Waals surface area contributed by atoms with E-state index in [0.29, 0.717) is 5.69 Å². The van der Waals surface area contributed by atoms with Gasteiger partial charge in [0.1, 0.15) is 11.3 Å². The molecule has 0 saturated heterocycles. The number of nitrogens with zero attached hydrogens (tertiary/aromatic N) is 2. The Labute approximate surface area is 130 Å². The number of unbranched alkanes of at least 4 members (excludes halogenated alkanes) is 1. The molecule has 2 aromatic heterocycles. The third-order valence-corrected chi connectivity index (χ3v) is 3.98. The Hall–Kier alpha value is -2.20. The van der Waals surface area contributed by atoms with Crippen LogP contribution >= 0.6 is 0 Å². The molecule has 2 N–H and O–H groups in total. The molecule has 4 nitrogen and oxygen atoms in total. The van der Waals surface area contributed by atoms with Crippen molar-refractivity contribution in [2.75, 3.05) is 0 Å². The number of rotatable bonds is 5. The van der Waals surface area contributed by atoms with Crippen molar-refractivity contribution in [1.29, 1.82) is 0 Å². The summed E-state index contributed by atoms with van der Waals surface area (Å²) in [5, 5.41) is 9.72. The fourth-order valence-electron chi connectivity index (χ4n) is 2.84.